The van der Waals surface area contributed by atoms with Crippen LogP contribution < -0.4 is 15.4 Å². The molecule has 0 spiro atoms. The van der Waals surface area contributed by atoms with Gasteiger partial charge < -0.3 is 15.4 Å². The molecule has 6 heteroatoms. The van der Waals surface area contributed by atoms with E-state index >= 15 is 0 Å². The lowest BCUT2D eigenvalue weighted by Crippen LogP contribution is -2.32. The Bertz CT molecular complexity index is 817. The Balaban J connectivity index is 2.03. The molecule has 162 valence electrons. The Labute approximate surface area is 179 Å². The van der Waals surface area contributed by atoms with Crippen molar-refractivity contribution in [1.82, 2.24) is 15.5 Å². The van der Waals surface area contributed by atoms with Crippen LogP contribution in [0.5, 0.6) is 5.75 Å². The van der Waals surface area contributed by atoms with Gasteiger partial charge in [0.1, 0.15) is 5.75 Å². The van der Waals surface area contributed by atoms with Crippen LogP contribution in [0.25, 0.3) is 0 Å². The smallest absolute Gasteiger partial charge is 0.222 e. The summed E-state index contributed by atoms with van der Waals surface area (Å²) in [6, 6.07) is 15.2. The number of amides is 2. The molecule has 0 fully saturated rings. The largest absolute Gasteiger partial charge is 0.497 e. The van der Waals surface area contributed by atoms with Crippen LogP contribution in [0.1, 0.15) is 49.9 Å². The fraction of sp³-hybridized carbons (Fsp3) is 0.417. The van der Waals surface area contributed by atoms with E-state index in [0.717, 1.165) is 36.5 Å². The van der Waals surface area contributed by atoms with Gasteiger partial charge in [0.25, 0.3) is 0 Å². The van der Waals surface area contributed by atoms with E-state index in [2.05, 4.69) is 35.4 Å². The number of ether oxygens (including phenoxy) is 1. The first kappa shape index (κ1) is 23.4. The van der Waals surface area contributed by atoms with Gasteiger partial charge in [0.15, 0.2) is 0 Å². The molecule has 0 aliphatic rings. The molecule has 0 bridgehead atoms. The summed E-state index contributed by atoms with van der Waals surface area (Å²) < 4.78 is 5.18. The Kier molecular flexibility index (Phi) is 9.35. The van der Waals surface area contributed by atoms with Crippen LogP contribution in [0.3, 0.4) is 0 Å². The van der Waals surface area contributed by atoms with Gasteiger partial charge in [0, 0.05) is 20.0 Å². The average Bonchev–Trinajstić information content (AvgIpc) is 2.76. The summed E-state index contributed by atoms with van der Waals surface area (Å²) in [5, 5.41) is 5.88. The van der Waals surface area contributed by atoms with Crippen molar-refractivity contribution < 1.29 is 14.3 Å². The van der Waals surface area contributed by atoms with Crippen molar-refractivity contribution >= 4 is 11.8 Å². The first-order valence-corrected chi connectivity index (χ1v) is 10.4. The molecule has 0 aliphatic carbocycles. The molecule has 6 nitrogen and oxygen atoms in total. The molecule has 0 radical (unpaired) electrons. The third-order valence-corrected chi connectivity index (χ3v) is 5.17. The van der Waals surface area contributed by atoms with Crippen molar-refractivity contribution in [2.45, 2.75) is 46.3 Å². The Morgan fingerprint density at radius 2 is 1.63 bits per heavy atom. The van der Waals surface area contributed by atoms with Crippen molar-refractivity contribution in [1.29, 1.82) is 0 Å². The molecule has 2 N–H and O–H groups in total. The minimum Gasteiger partial charge on any atom is -0.497 e. The highest BCUT2D eigenvalue weighted by Crippen LogP contribution is 2.20. The monoisotopic (exact) mass is 411 g/mol. The zero-order valence-electron chi connectivity index (χ0n) is 18.4. The van der Waals surface area contributed by atoms with E-state index in [4.69, 9.17) is 4.74 Å². The maximum absolute atomic E-state index is 12.7. The zero-order valence-corrected chi connectivity index (χ0v) is 18.4. The predicted octanol–water partition coefficient (Wildman–Crippen LogP) is 3.42. The Morgan fingerprint density at radius 3 is 2.20 bits per heavy atom. The lowest BCUT2D eigenvalue weighted by molar-refractivity contribution is -0.122. The normalized spacial score (nSPS) is 11.8. The second-order valence-electron chi connectivity index (χ2n) is 7.24. The summed E-state index contributed by atoms with van der Waals surface area (Å²) in [7, 11) is 1.60. The Morgan fingerprint density at radius 1 is 1.00 bits per heavy atom. The van der Waals surface area contributed by atoms with Crippen molar-refractivity contribution in [3.8, 4) is 5.75 Å². The number of methoxy groups -OCH3 is 1. The summed E-state index contributed by atoms with van der Waals surface area (Å²) >= 11 is 0. The number of carbonyl (C=O) groups excluding carboxylic acids is 2. The SMILES string of the molecule is CCN(CC)Cc1ccccc1CNC(=O)CC(NC(C)=O)c1ccc(OC)cc1. The topological polar surface area (TPSA) is 70.7 Å². The van der Waals surface area contributed by atoms with Gasteiger partial charge in [-0.25, -0.2) is 0 Å². The van der Waals surface area contributed by atoms with E-state index in [0.29, 0.717) is 6.54 Å². The van der Waals surface area contributed by atoms with E-state index in [1.54, 1.807) is 7.11 Å². The highest BCUT2D eigenvalue weighted by Gasteiger charge is 2.17. The highest BCUT2D eigenvalue weighted by atomic mass is 16.5. The standard InChI is InChI=1S/C24H33N3O3/c1-5-27(6-2)17-21-10-8-7-9-20(21)16-25-24(29)15-23(26-18(3)28)19-11-13-22(30-4)14-12-19/h7-14,23H,5-6,15-17H2,1-4H3,(H,25,29)(H,26,28). The Hall–Kier alpha value is -2.86. The van der Waals surface area contributed by atoms with Gasteiger partial charge in [0.2, 0.25) is 11.8 Å². The number of rotatable bonds is 11. The zero-order chi connectivity index (χ0) is 21.9. The van der Waals surface area contributed by atoms with E-state index in [1.165, 1.54) is 12.5 Å². The van der Waals surface area contributed by atoms with Gasteiger partial charge in [-0.3, -0.25) is 14.5 Å². The number of nitrogens with one attached hydrogen (secondary N) is 2. The number of carbonyl (C=O) groups is 2. The molecule has 0 saturated heterocycles. The first-order chi connectivity index (χ1) is 14.5. The third-order valence-electron chi connectivity index (χ3n) is 5.17. The van der Waals surface area contributed by atoms with Gasteiger partial charge in [-0.15, -0.1) is 0 Å². The van der Waals surface area contributed by atoms with Crippen LogP contribution in [-0.2, 0) is 22.7 Å². The number of benzene rings is 2. The van der Waals surface area contributed by atoms with Crippen molar-refractivity contribution in [3.63, 3.8) is 0 Å². The summed E-state index contributed by atoms with van der Waals surface area (Å²) in [6.07, 6.45) is 0.171. The fourth-order valence-corrected chi connectivity index (χ4v) is 3.36. The number of nitrogens with zero attached hydrogens (tertiary/aromatic N) is 1. The van der Waals surface area contributed by atoms with Gasteiger partial charge >= 0.3 is 0 Å². The average molecular weight is 412 g/mol. The van der Waals surface area contributed by atoms with Crippen LogP contribution in [-0.4, -0.2) is 36.9 Å². The predicted molar refractivity (Wildman–Crippen MR) is 119 cm³/mol. The molecule has 0 heterocycles. The molecule has 30 heavy (non-hydrogen) atoms. The molecular weight excluding hydrogens is 378 g/mol. The molecule has 2 aromatic carbocycles. The molecule has 2 aromatic rings. The maximum atomic E-state index is 12.7. The van der Waals surface area contributed by atoms with Crippen molar-refractivity contribution in [3.05, 3.63) is 65.2 Å². The molecule has 0 saturated carbocycles. The first-order valence-electron chi connectivity index (χ1n) is 10.4. The van der Waals surface area contributed by atoms with Crippen molar-refractivity contribution in [2.24, 2.45) is 0 Å². The molecule has 1 unspecified atom stereocenters. The fourth-order valence-electron chi connectivity index (χ4n) is 3.36. The molecular formula is C24H33N3O3. The molecule has 2 amide bonds. The van der Waals surface area contributed by atoms with Crippen LogP contribution in [0.15, 0.2) is 48.5 Å². The molecule has 0 aromatic heterocycles. The summed E-state index contributed by atoms with van der Waals surface area (Å²) in [5.74, 6) is 0.449. The number of hydrogen-bond acceptors (Lipinski definition) is 4. The van der Waals surface area contributed by atoms with Crippen LogP contribution in [0.4, 0.5) is 0 Å². The van der Waals surface area contributed by atoms with Gasteiger partial charge in [-0.05, 0) is 41.9 Å². The minimum absolute atomic E-state index is 0.109. The minimum atomic E-state index is -0.390. The van der Waals surface area contributed by atoms with Gasteiger partial charge in [-0.2, -0.15) is 0 Å². The number of hydrogen-bond donors (Lipinski definition) is 2. The lowest BCUT2D eigenvalue weighted by Gasteiger charge is -2.21. The van der Waals surface area contributed by atoms with Crippen LogP contribution >= 0.6 is 0 Å². The molecule has 1 atom stereocenters. The summed E-state index contributed by atoms with van der Waals surface area (Å²) in [6.45, 7) is 9.04. The van der Waals surface area contributed by atoms with E-state index < -0.39 is 0 Å². The van der Waals surface area contributed by atoms with E-state index in [-0.39, 0.29) is 24.3 Å². The second-order valence-corrected chi connectivity index (χ2v) is 7.24. The van der Waals surface area contributed by atoms with Gasteiger partial charge in [-0.1, -0.05) is 50.2 Å². The second kappa shape index (κ2) is 12.0. The quantitative estimate of drug-likeness (QED) is 0.594. The highest BCUT2D eigenvalue weighted by molar-refractivity contribution is 5.79. The van der Waals surface area contributed by atoms with Gasteiger partial charge in [0.05, 0.1) is 19.6 Å². The molecule has 2 rings (SSSR count). The molecule has 0 aliphatic heterocycles. The van der Waals surface area contributed by atoms with Crippen LogP contribution in [0, 0.1) is 0 Å². The maximum Gasteiger partial charge on any atom is 0.222 e. The van der Waals surface area contributed by atoms with E-state index in [1.807, 2.05) is 42.5 Å². The summed E-state index contributed by atoms with van der Waals surface area (Å²) in [4.78, 5) is 26.6. The summed E-state index contributed by atoms with van der Waals surface area (Å²) in [5.41, 5.74) is 3.19. The van der Waals surface area contributed by atoms with Crippen LogP contribution in [0.2, 0.25) is 0 Å². The van der Waals surface area contributed by atoms with Crippen molar-refractivity contribution in [2.75, 3.05) is 20.2 Å². The lowest BCUT2D eigenvalue weighted by atomic mass is 10.0. The third kappa shape index (κ3) is 7.19. The van der Waals surface area contributed by atoms with E-state index in [9.17, 15) is 9.59 Å².